The van der Waals surface area contributed by atoms with Gasteiger partial charge in [0.1, 0.15) is 6.61 Å². The highest BCUT2D eigenvalue weighted by molar-refractivity contribution is 5.72. The van der Waals surface area contributed by atoms with Crippen LogP contribution >= 0.6 is 0 Å². The monoisotopic (exact) mass is 280 g/mol. The molecule has 1 heterocycles. The summed E-state index contributed by atoms with van der Waals surface area (Å²) in [5, 5.41) is 11.7. The van der Waals surface area contributed by atoms with E-state index in [-0.39, 0.29) is 18.0 Å². The smallest absolute Gasteiger partial charge is 0.308 e. The van der Waals surface area contributed by atoms with Gasteiger partial charge in [0.25, 0.3) is 0 Å². The minimum Gasteiger partial charge on any atom is -0.469 e. The Kier molecular flexibility index (Phi) is 3.95. The third kappa shape index (κ3) is 2.98. The molecule has 2 aliphatic rings. The topological polar surface area (TPSA) is 79.1 Å². The van der Waals surface area contributed by atoms with Gasteiger partial charge in [-0.05, 0) is 49.0 Å². The molecule has 0 N–H and O–H groups in total. The molecular formula is C13H20N4O3. The first-order valence-corrected chi connectivity index (χ1v) is 7.24. The first-order valence-electron chi connectivity index (χ1n) is 7.24. The number of nitrogens with zero attached hydrogens (tertiary/aromatic N) is 4. The quantitative estimate of drug-likeness (QED) is 0.755. The number of hydrogen-bond donors (Lipinski definition) is 0. The Bertz CT molecular complexity index is 464. The molecule has 0 saturated heterocycles. The van der Waals surface area contributed by atoms with E-state index in [0.717, 1.165) is 44.3 Å². The number of ether oxygens (including phenoxy) is 2. The maximum atomic E-state index is 11.5. The molecule has 0 radical (unpaired) electrons. The van der Waals surface area contributed by atoms with E-state index in [1.54, 1.807) is 0 Å². The Morgan fingerprint density at radius 3 is 2.65 bits per heavy atom. The van der Waals surface area contributed by atoms with Crippen LogP contribution in [0.4, 0.5) is 0 Å². The second-order valence-electron chi connectivity index (χ2n) is 5.58. The van der Waals surface area contributed by atoms with Gasteiger partial charge in [0.2, 0.25) is 0 Å². The maximum Gasteiger partial charge on any atom is 0.308 e. The van der Waals surface area contributed by atoms with Crippen LogP contribution in [0.5, 0.6) is 0 Å². The molecule has 1 aromatic heterocycles. The zero-order valence-electron chi connectivity index (χ0n) is 11.7. The standard InChI is InChI=1S/C13H20N4O3/c1-19-13(18)9-2-6-11(7-3-9)20-8-12-14-15-16-17(12)10-4-5-10/h9-11H,2-8H2,1H3. The van der Waals surface area contributed by atoms with Crippen molar-refractivity contribution in [1.82, 2.24) is 20.2 Å². The largest absolute Gasteiger partial charge is 0.469 e. The van der Waals surface area contributed by atoms with Gasteiger partial charge in [-0.25, -0.2) is 4.68 Å². The molecule has 7 nitrogen and oxygen atoms in total. The summed E-state index contributed by atoms with van der Waals surface area (Å²) in [4.78, 5) is 11.5. The fourth-order valence-corrected chi connectivity index (χ4v) is 2.73. The van der Waals surface area contributed by atoms with Gasteiger partial charge < -0.3 is 9.47 Å². The van der Waals surface area contributed by atoms with Crippen molar-refractivity contribution in [1.29, 1.82) is 0 Å². The highest BCUT2D eigenvalue weighted by atomic mass is 16.5. The Morgan fingerprint density at radius 2 is 2.00 bits per heavy atom. The van der Waals surface area contributed by atoms with Gasteiger partial charge in [0, 0.05) is 0 Å². The van der Waals surface area contributed by atoms with Gasteiger partial charge in [-0.3, -0.25) is 4.79 Å². The molecule has 2 aliphatic carbocycles. The fourth-order valence-electron chi connectivity index (χ4n) is 2.73. The van der Waals surface area contributed by atoms with Crippen molar-refractivity contribution in [3.8, 4) is 0 Å². The van der Waals surface area contributed by atoms with Crippen LogP contribution in [-0.4, -0.2) is 39.4 Å². The van der Waals surface area contributed by atoms with Crippen molar-refractivity contribution >= 4 is 5.97 Å². The van der Waals surface area contributed by atoms with Gasteiger partial charge >= 0.3 is 5.97 Å². The van der Waals surface area contributed by atoms with Crippen LogP contribution in [0.1, 0.15) is 50.4 Å². The average molecular weight is 280 g/mol. The first-order chi connectivity index (χ1) is 9.78. The summed E-state index contributed by atoms with van der Waals surface area (Å²) in [5.41, 5.74) is 0. The lowest BCUT2D eigenvalue weighted by Crippen LogP contribution is -2.27. The molecule has 2 saturated carbocycles. The zero-order chi connectivity index (χ0) is 13.9. The van der Waals surface area contributed by atoms with E-state index >= 15 is 0 Å². The third-order valence-corrected chi connectivity index (χ3v) is 4.11. The van der Waals surface area contributed by atoms with Crippen molar-refractivity contribution in [2.45, 2.75) is 57.3 Å². The number of esters is 1. The van der Waals surface area contributed by atoms with E-state index in [1.165, 1.54) is 7.11 Å². The van der Waals surface area contributed by atoms with Gasteiger partial charge in [0.05, 0.1) is 25.2 Å². The number of carbonyl (C=O) groups excluding carboxylic acids is 1. The first kappa shape index (κ1) is 13.5. The van der Waals surface area contributed by atoms with E-state index < -0.39 is 0 Å². The molecular weight excluding hydrogens is 260 g/mol. The van der Waals surface area contributed by atoms with Gasteiger partial charge in [-0.1, -0.05) is 0 Å². The molecule has 0 aliphatic heterocycles. The van der Waals surface area contributed by atoms with Crippen molar-refractivity contribution < 1.29 is 14.3 Å². The number of aromatic nitrogens is 4. The molecule has 0 amide bonds. The van der Waals surface area contributed by atoms with Crippen LogP contribution in [0.15, 0.2) is 0 Å². The lowest BCUT2D eigenvalue weighted by molar-refractivity contribution is -0.147. The Morgan fingerprint density at radius 1 is 1.25 bits per heavy atom. The second-order valence-corrected chi connectivity index (χ2v) is 5.58. The summed E-state index contributed by atoms with van der Waals surface area (Å²) >= 11 is 0. The molecule has 1 aromatic rings. The van der Waals surface area contributed by atoms with Crippen LogP contribution < -0.4 is 0 Å². The number of methoxy groups -OCH3 is 1. The predicted molar refractivity (Wildman–Crippen MR) is 68.6 cm³/mol. The summed E-state index contributed by atoms with van der Waals surface area (Å²) < 4.78 is 12.6. The lowest BCUT2D eigenvalue weighted by Gasteiger charge is -2.26. The summed E-state index contributed by atoms with van der Waals surface area (Å²) in [6.45, 7) is 0.455. The van der Waals surface area contributed by atoms with Crippen molar-refractivity contribution in [3.05, 3.63) is 5.82 Å². The Balaban J connectivity index is 1.45. The summed E-state index contributed by atoms with van der Waals surface area (Å²) in [6.07, 6.45) is 5.97. The van der Waals surface area contributed by atoms with E-state index in [2.05, 4.69) is 15.5 Å². The van der Waals surface area contributed by atoms with Gasteiger partial charge in [-0.2, -0.15) is 0 Å². The van der Waals surface area contributed by atoms with Gasteiger partial charge in [0.15, 0.2) is 5.82 Å². The maximum absolute atomic E-state index is 11.5. The van der Waals surface area contributed by atoms with Crippen LogP contribution in [-0.2, 0) is 20.9 Å². The number of carbonyl (C=O) groups is 1. The number of rotatable bonds is 5. The highest BCUT2D eigenvalue weighted by Crippen LogP contribution is 2.34. The molecule has 3 rings (SSSR count). The minimum absolute atomic E-state index is 0.0385. The predicted octanol–water partition coefficient (Wildman–Crippen LogP) is 1.26. The fraction of sp³-hybridized carbons (Fsp3) is 0.846. The number of tetrazole rings is 1. The average Bonchev–Trinajstić information content (AvgIpc) is 3.23. The van der Waals surface area contributed by atoms with Crippen molar-refractivity contribution in [2.24, 2.45) is 5.92 Å². The van der Waals surface area contributed by atoms with E-state index in [9.17, 15) is 4.79 Å². The molecule has 0 bridgehead atoms. The van der Waals surface area contributed by atoms with Gasteiger partial charge in [-0.15, -0.1) is 5.10 Å². The molecule has 0 unspecified atom stereocenters. The van der Waals surface area contributed by atoms with Crippen LogP contribution in [0, 0.1) is 5.92 Å². The Hall–Kier alpha value is -1.50. The van der Waals surface area contributed by atoms with E-state index in [1.807, 2.05) is 4.68 Å². The van der Waals surface area contributed by atoms with Crippen LogP contribution in [0.3, 0.4) is 0 Å². The molecule has 7 heteroatoms. The minimum atomic E-state index is -0.0962. The molecule has 0 atom stereocenters. The molecule has 0 aromatic carbocycles. The Labute approximate surface area is 117 Å². The SMILES string of the molecule is COC(=O)C1CCC(OCc2nnnn2C2CC2)CC1. The van der Waals surface area contributed by atoms with Crippen molar-refractivity contribution in [2.75, 3.05) is 7.11 Å². The van der Waals surface area contributed by atoms with Crippen LogP contribution in [0.2, 0.25) is 0 Å². The van der Waals surface area contributed by atoms with Crippen LogP contribution in [0.25, 0.3) is 0 Å². The molecule has 110 valence electrons. The van der Waals surface area contributed by atoms with Crippen molar-refractivity contribution in [3.63, 3.8) is 0 Å². The molecule has 2 fully saturated rings. The number of hydrogen-bond acceptors (Lipinski definition) is 6. The highest BCUT2D eigenvalue weighted by Gasteiger charge is 2.30. The second kappa shape index (κ2) is 5.87. The zero-order valence-corrected chi connectivity index (χ0v) is 11.7. The normalized spacial score (nSPS) is 26.4. The lowest BCUT2D eigenvalue weighted by atomic mass is 9.87. The molecule has 20 heavy (non-hydrogen) atoms. The summed E-state index contributed by atoms with van der Waals surface area (Å²) in [6, 6.07) is 0.471. The van der Waals surface area contributed by atoms with E-state index in [4.69, 9.17) is 9.47 Å². The van der Waals surface area contributed by atoms with E-state index in [0.29, 0.717) is 12.6 Å². The summed E-state index contributed by atoms with van der Waals surface area (Å²) in [7, 11) is 1.45. The third-order valence-electron chi connectivity index (χ3n) is 4.11. The summed E-state index contributed by atoms with van der Waals surface area (Å²) in [5.74, 6) is 0.750. The molecule has 0 spiro atoms.